The molecule has 0 bridgehead atoms. The zero-order chi connectivity index (χ0) is 22.7. The molecule has 7 heteroatoms. The second-order valence-electron chi connectivity index (χ2n) is 7.25. The van der Waals surface area contributed by atoms with Gasteiger partial charge < -0.3 is 5.32 Å². The molecule has 160 valence electrons. The highest BCUT2D eigenvalue weighted by Crippen LogP contribution is 2.18. The fourth-order valence-electron chi connectivity index (χ4n) is 3.32. The third-order valence-electron chi connectivity index (χ3n) is 5.13. The minimum atomic E-state index is -0.364. The normalized spacial score (nSPS) is 11.1. The monoisotopic (exact) mass is 488 g/mol. The molecule has 3 aromatic carbocycles. The Kier molecular flexibility index (Phi) is 6.18. The van der Waals surface area contributed by atoms with Crippen molar-refractivity contribution in [1.29, 1.82) is 0 Å². The van der Waals surface area contributed by atoms with Crippen molar-refractivity contribution in [1.82, 2.24) is 9.36 Å². The molecule has 1 heterocycles. The summed E-state index contributed by atoms with van der Waals surface area (Å²) in [6.07, 6.45) is 1.74. The van der Waals surface area contributed by atoms with E-state index in [1.807, 2.05) is 60.7 Å². The van der Waals surface area contributed by atoms with Crippen LogP contribution in [0.1, 0.15) is 21.6 Å². The van der Waals surface area contributed by atoms with Crippen LogP contribution in [-0.2, 0) is 7.05 Å². The van der Waals surface area contributed by atoms with Crippen molar-refractivity contribution in [3.05, 3.63) is 111 Å². The number of hydrogen-bond donors (Lipinski definition) is 1. The molecule has 0 radical (unpaired) electrons. The topological polar surface area (TPSA) is 68.4 Å². The van der Waals surface area contributed by atoms with Crippen molar-refractivity contribution >= 4 is 39.4 Å². The van der Waals surface area contributed by atoms with E-state index >= 15 is 0 Å². The number of amides is 1. The summed E-state index contributed by atoms with van der Waals surface area (Å²) in [5.41, 5.74) is 3.38. The molecule has 1 amide bonds. The van der Waals surface area contributed by atoms with Crippen LogP contribution >= 0.6 is 15.9 Å². The molecule has 0 saturated carbocycles. The first kappa shape index (κ1) is 21.5. The number of nitrogens with one attached hydrogen (secondary N) is 1. The molecule has 0 aliphatic carbocycles. The second kappa shape index (κ2) is 9.20. The number of para-hydroxylation sites is 1. The summed E-state index contributed by atoms with van der Waals surface area (Å²) in [7, 11) is 1.79. The SMILES string of the molecule is Cc1c(NC(=O)c2cccc(N=Cc3ccc(Br)cc3)c2)c(=O)n(-c2ccccc2)n1C. The molecule has 0 aliphatic rings. The molecule has 0 saturated heterocycles. The lowest BCUT2D eigenvalue weighted by Crippen LogP contribution is -2.22. The maximum Gasteiger partial charge on any atom is 0.295 e. The van der Waals surface area contributed by atoms with Gasteiger partial charge in [0.15, 0.2) is 0 Å². The average Bonchev–Trinajstić information content (AvgIpc) is 3.02. The maximum atomic E-state index is 13.0. The molecule has 32 heavy (non-hydrogen) atoms. The third kappa shape index (κ3) is 4.48. The highest BCUT2D eigenvalue weighted by atomic mass is 79.9. The summed E-state index contributed by atoms with van der Waals surface area (Å²) in [6.45, 7) is 1.80. The summed E-state index contributed by atoms with van der Waals surface area (Å²) < 4.78 is 4.26. The summed E-state index contributed by atoms with van der Waals surface area (Å²) in [4.78, 5) is 30.4. The molecule has 0 atom stereocenters. The smallest absolute Gasteiger partial charge is 0.295 e. The average molecular weight is 489 g/mol. The number of aliphatic imine (C=N–C) groups is 1. The van der Waals surface area contributed by atoms with Gasteiger partial charge in [0, 0.05) is 23.3 Å². The van der Waals surface area contributed by atoms with Gasteiger partial charge in [0.2, 0.25) is 0 Å². The Labute approximate surface area is 194 Å². The summed E-state index contributed by atoms with van der Waals surface area (Å²) in [6, 6.07) is 24.1. The van der Waals surface area contributed by atoms with E-state index in [1.54, 1.807) is 43.1 Å². The quantitative estimate of drug-likeness (QED) is 0.389. The lowest BCUT2D eigenvalue weighted by Gasteiger charge is -2.07. The second-order valence-corrected chi connectivity index (χ2v) is 8.17. The molecule has 1 N–H and O–H groups in total. The number of carbonyl (C=O) groups excluding carboxylic acids is 1. The van der Waals surface area contributed by atoms with Gasteiger partial charge in [-0.2, -0.15) is 0 Å². The van der Waals surface area contributed by atoms with E-state index in [1.165, 1.54) is 4.68 Å². The predicted molar refractivity (Wildman–Crippen MR) is 132 cm³/mol. The molecule has 0 unspecified atom stereocenters. The minimum absolute atomic E-state index is 0.255. The number of halogens is 1. The molecular formula is C25H21BrN4O2. The van der Waals surface area contributed by atoms with Crippen molar-refractivity contribution in [2.45, 2.75) is 6.92 Å². The standard InChI is InChI=1S/C25H21BrN4O2/c1-17-23(25(32)30(29(17)2)22-9-4-3-5-10-22)28-24(31)19-7-6-8-21(15-19)27-16-18-11-13-20(26)14-12-18/h3-16H,1-2H3,(H,28,31). The van der Waals surface area contributed by atoms with Gasteiger partial charge in [0.05, 0.1) is 17.1 Å². The third-order valence-corrected chi connectivity index (χ3v) is 5.66. The molecule has 0 fully saturated rings. The zero-order valence-corrected chi connectivity index (χ0v) is 19.2. The van der Waals surface area contributed by atoms with Gasteiger partial charge in [-0.05, 0) is 55.0 Å². The molecule has 0 aliphatic heterocycles. The van der Waals surface area contributed by atoms with E-state index in [2.05, 4.69) is 26.2 Å². The number of carbonyl (C=O) groups is 1. The summed E-state index contributed by atoms with van der Waals surface area (Å²) >= 11 is 3.41. The van der Waals surface area contributed by atoms with E-state index in [0.717, 1.165) is 15.7 Å². The van der Waals surface area contributed by atoms with Crippen LogP contribution in [0.2, 0.25) is 0 Å². The molecule has 6 nitrogen and oxygen atoms in total. The number of anilines is 1. The Balaban J connectivity index is 1.58. The van der Waals surface area contributed by atoms with Crippen LogP contribution in [0.4, 0.5) is 11.4 Å². The van der Waals surface area contributed by atoms with Crippen LogP contribution in [0.25, 0.3) is 5.69 Å². The highest BCUT2D eigenvalue weighted by Gasteiger charge is 2.18. The lowest BCUT2D eigenvalue weighted by molar-refractivity contribution is 0.102. The Morgan fingerprint density at radius 2 is 1.72 bits per heavy atom. The van der Waals surface area contributed by atoms with E-state index in [-0.39, 0.29) is 17.2 Å². The van der Waals surface area contributed by atoms with Crippen LogP contribution in [0.15, 0.2) is 93.1 Å². The fourth-order valence-corrected chi connectivity index (χ4v) is 3.59. The van der Waals surface area contributed by atoms with Gasteiger partial charge in [-0.25, -0.2) is 4.68 Å². The van der Waals surface area contributed by atoms with Gasteiger partial charge in [-0.3, -0.25) is 19.3 Å². The highest BCUT2D eigenvalue weighted by molar-refractivity contribution is 9.10. The largest absolute Gasteiger partial charge is 0.316 e. The number of rotatable bonds is 5. The number of benzene rings is 3. The van der Waals surface area contributed by atoms with E-state index in [0.29, 0.717) is 16.9 Å². The Hall–Kier alpha value is -3.71. The molecule has 1 aromatic heterocycles. The molecule has 4 aromatic rings. The van der Waals surface area contributed by atoms with Gasteiger partial charge in [-0.15, -0.1) is 0 Å². The van der Waals surface area contributed by atoms with Crippen molar-refractivity contribution in [3.8, 4) is 5.69 Å². The number of hydrogen-bond acceptors (Lipinski definition) is 3. The number of nitrogens with zero attached hydrogens (tertiary/aromatic N) is 3. The molecule has 0 spiro atoms. The molecule has 4 rings (SSSR count). The van der Waals surface area contributed by atoms with Gasteiger partial charge >= 0.3 is 0 Å². The predicted octanol–water partition coefficient (Wildman–Crippen LogP) is 5.25. The van der Waals surface area contributed by atoms with Crippen LogP contribution in [0.3, 0.4) is 0 Å². The van der Waals surface area contributed by atoms with Crippen LogP contribution < -0.4 is 10.9 Å². The van der Waals surface area contributed by atoms with Crippen molar-refractivity contribution < 1.29 is 4.79 Å². The Bertz CT molecular complexity index is 1350. The van der Waals surface area contributed by atoms with Crippen molar-refractivity contribution in [2.24, 2.45) is 12.0 Å². The molecular weight excluding hydrogens is 468 g/mol. The van der Waals surface area contributed by atoms with Gasteiger partial charge in [-0.1, -0.05) is 52.3 Å². The summed E-state index contributed by atoms with van der Waals surface area (Å²) in [5.74, 6) is -0.364. The van der Waals surface area contributed by atoms with Gasteiger partial charge in [0.25, 0.3) is 11.5 Å². The van der Waals surface area contributed by atoms with E-state index in [4.69, 9.17) is 0 Å². The summed E-state index contributed by atoms with van der Waals surface area (Å²) in [5, 5.41) is 2.78. The first-order valence-corrected chi connectivity index (χ1v) is 10.8. The Morgan fingerprint density at radius 3 is 2.44 bits per heavy atom. The van der Waals surface area contributed by atoms with Crippen molar-refractivity contribution in [3.63, 3.8) is 0 Å². The van der Waals surface area contributed by atoms with Crippen LogP contribution in [0.5, 0.6) is 0 Å². The lowest BCUT2D eigenvalue weighted by atomic mass is 10.2. The minimum Gasteiger partial charge on any atom is -0.316 e. The zero-order valence-electron chi connectivity index (χ0n) is 17.6. The van der Waals surface area contributed by atoms with E-state index < -0.39 is 0 Å². The van der Waals surface area contributed by atoms with Gasteiger partial charge in [0.1, 0.15) is 5.69 Å². The fraction of sp³-hybridized carbons (Fsp3) is 0.0800. The Morgan fingerprint density at radius 1 is 1.00 bits per heavy atom. The maximum absolute atomic E-state index is 13.0. The first-order chi connectivity index (χ1) is 15.4. The van der Waals surface area contributed by atoms with E-state index in [9.17, 15) is 9.59 Å². The number of aromatic nitrogens is 2. The van der Waals surface area contributed by atoms with Crippen LogP contribution in [0, 0.1) is 6.92 Å². The van der Waals surface area contributed by atoms with Crippen LogP contribution in [-0.4, -0.2) is 21.5 Å². The first-order valence-electron chi connectivity index (χ1n) is 9.99. The van der Waals surface area contributed by atoms with Crippen molar-refractivity contribution in [2.75, 3.05) is 5.32 Å².